The van der Waals surface area contributed by atoms with Crippen LogP contribution in [0, 0.1) is 18.6 Å². The highest BCUT2D eigenvalue weighted by atomic mass is 32.1. The Morgan fingerprint density at radius 2 is 2.10 bits per heavy atom. The molecule has 0 atom stereocenters. The second-order valence-corrected chi connectivity index (χ2v) is 5.87. The van der Waals surface area contributed by atoms with Crippen LogP contribution in [0.2, 0.25) is 0 Å². The van der Waals surface area contributed by atoms with E-state index in [-0.39, 0.29) is 0 Å². The van der Waals surface area contributed by atoms with E-state index >= 15 is 0 Å². The molecule has 1 N–H and O–H groups in total. The molecular formula is C15H18F2N2S. The zero-order chi connectivity index (χ0) is 14.5. The van der Waals surface area contributed by atoms with Gasteiger partial charge in [0.2, 0.25) is 0 Å². The number of halogens is 2. The van der Waals surface area contributed by atoms with Crippen molar-refractivity contribution in [1.29, 1.82) is 0 Å². The van der Waals surface area contributed by atoms with Gasteiger partial charge in [0.25, 0.3) is 0 Å². The molecule has 0 aliphatic rings. The summed E-state index contributed by atoms with van der Waals surface area (Å²) in [6.07, 6.45) is 1.50. The monoisotopic (exact) mass is 296 g/mol. The minimum Gasteiger partial charge on any atom is -0.312 e. The molecule has 0 bridgehead atoms. The van der Waals surface area contributed by atoms with Crippen molar-refractivity contribution in [3.05, 3.63) is 51.0 Å². The van der Waals surface area contributed by atoms with Crippen molar-refractivity contribution in [3.63, 3.8) is 0 Å². The highest BCUT2D eigenvalue weighted by Gasteiger charge is 2.10. The summed E-state index contributed by atoms with van der Waals surface area (Å²) < 4.78 is 26.5. The lowest BCUT2D eigenvalue weighted by atomic mass is 10.1. The average Bonchev–Trinajstić information content (AvgIpc) is 2.74. The van der Waals surface area contributed by atoms with Crippen molar-refractivity contribution < 1.29 is 8.78 Å². The molecule has 0 unspecified atom stereocenters. The van der Waals surface area contributed by atoms with Gasteiger partial charge >= 0.3 is 0 Å². The maximum atomic E-state index is 13.6. The van der Waals surface area contributed by atoms with Gasteiger partial charge in [-0.25, -0.2) is 13.8 Å². The predicted molar refractivity (Wildman–Crippen MR) is 78.0 cm³/mol. The first-order valence-electron chi connectivity index (χ1n) is 6.70. The van der Waals surface area contributed by atoms with E-state index < -0.39 is 11.6 Å². The number of nitrogens with one attached hydrogen (secondary N) is 1. The number of aromatic nitrogens is 1. The van der Waals surface area contributed by atoms with Crippen molar-refractivity contribution >= 4 is 11.3 Å². The molecule has 0 spiro atoms. The van der Waals surface area contributed by atoms with Crippen LogP contribution in [-0.4, -0.2) is 11.5 Å². The van der Waals surface area contributed by atoms with Crippen LogP contribution in [0.25, 0.3) is 0 Å². The van der Waals surface area contributed by atoms with Crippen molar-refractivity contribution in [1.82, 2.24) is 10.3 Å². The predicted octanol–water partition coefficient (Wildman–Crippen LogP) is 3.82. The molecule has 0 amide bonds. The van der Waals surface area contributed by atoms with Gasteiger partial charge < -0.3 is 5.32 Å². The van der Waals surface area contributed by atoms with Crippen molar-refractivity contribution in [2.24, 2.45) is 0 Å². The summed E-state index contributed by atoms with van der Waals surface area (Å²) in [7, 11) is 0. The first-order valence-corrected chi connectivity index (χ1v) is 7.51. The van der Waals surface area contributed by atoms with Crippen LogP contribution < -0.4 is 5.32 Å². The minimum atomic E-state index is -0.550. The molecule has 0 saturated heterocycles. The average molecular weight is 296 g/mol. The van der Waals surface area contributed by atoms with Crippen LogP contribution >= 0.6 is 11.3 Å². The van der Waals surface area contributed by atoms with Gasteiger partial charge in [0.1, 0.15) is 11.6 Å². The van der Waals surface area contributed by atoms with Gasteiger partial charge in [0.05, 0.1) is 10.7 Å². The number of hydrogen-bond donors (Lipinski definition) is 1. The van der Waals surface area contributed by atoms with Gasteiger partial charge in [-0.3, -0.25) is 0 Å². The first kappa shape index (κ1) is 15.1. The van der Waals surface area contributed by atoms with Gasteiger partial charge in [-0.05, 0) is 31.5 Å². The Morgan fingerprint density at radius 3 is 2.80 bits per heavy atom. The van der Waals surface area contributed by atoms with E-state index in [4.69, 9.17) is 0 Å². The number of thiazole rings is 1. The fourth-order valence-electron chi connectivity index (χ4n) is 1.93. The SMILES string of the molecule is CCCNCc1sc(Cc2ccc(F)cc2F)nc1C. The molecule has 0 aliphatic heterocycles. The number of nitrogens with zero attached hydrogens (tertiary/aromatic N) is 1. The number of benzene rings is 1. The van der Waals surface area contributed by atoms with Gasteiger partial charge in [0.15, 0.2) is 0 Å². The maximum absolute atomic E-state index is 13.6. The smallest absolute Gasteiger partial charge is 0.129 e. The third-order valence-electron chi connectivity index (χ3n) is 3.01. The maximum Gasteiger partial charge on any atom is 0.129 e. The Kier molecular flexibility index (Phi) is 5.20. The van der Waals surface area contributed by atoms with E-state index in [1.165, 1.54) is 17.0 Å². The van der Waals surface area contributed by atoms with E-state index in [9.17, 15) is 8.78 Å². The van der Waals surface area contributed by atoms with E-state index in [1.807, 2.05) is 6.92 Å². The summed E-state index contributed by atoms with van der Waals surface area (Å²) in [6.45, 7) is 5.85. The molecule has 0 radical (unpaired) electrons. The third kappa shape index (κ3) is 3.84. The quantitative estimate of drug-likeness (QED) is 0.820. The van der Waals surface area contributed by atoms with Gasteiger partial charge in [-0.1, -0.05) is 13.0 Å². The molecular weight excluding hydrogens is 278 g/mol. The Morgan fingerprint density at radius 1 is 1.30 bits per heavy atom. The van der Waals surface area contributed by atoms with Crippen molar-refractivity contribution in [2.75, 3.05) is 6.54 Å². The standard InChI is InChI=1S/C15H18F2N2S/c1-3-6-18-9-14-10(2)19-15(20-14)7-11-4-5-12(16)8-13(11)17/h4-5,8,18H,3,6-7,9H2,1-2H3. The molecule has 1 heterocycles. The van der Waals surface area contributed by atoms with Crippen LogP contribution in [0.5, 0.6) is 0 Å². The van der Waals surface area contributed by atoms with Crippen LogP contribution in [0.4, 0.5) is 8.78 Å². The topological polar surface area (TPSA) is 24.9 Å². The molecule has 5 heteroatoms. The molecule has 1 aromatic carbocycles. The Labute approximate surface area is 121 Å². The highest BCUT2D eigenvalue weighted by molar-refractivity contribution is 7.11. The molecule has 2 rings (SSSR count). The number of hydrogen-bond acceptors (Lipinski definition) is 3. The van der Waals surface area contributed by atoms with E-state index in [1.54, 1.807) is 11.3 Å². The largest absolute Gasteiger partial charge is 0.312 e. The second kappa shape index (κ2) is 6.90. The van der Waals surface area contributed by atoms with E-state index in [2.05, 4.69) is 17.2 Å². The number of aryl methyl sites for hydroxylation is 1. The Hall–Kier alpha value is -1.33. The Bertz CT molecular complexity index is 581. The lowest BCUT2D eigenvalue weighted by Crippen LogP contribution is -2.13. The lowest BCUT2D eigenvalue weighted by molar-refractivity contribution is 0.574. The van der Waals surface area contributed by atoms with E-state index in [0.29, 0.717) is 12.0 Å². The molecule has 2 aromatic rings. The fourth-order valence-corrected chi connectivity index (χ4v) is 3.00. The third-order valence-corrected chi connectivity index (χ3v) is 4.16. The minimum absolute atomic E-state index is 0.408. The lowest BCUT2D eigenvalue weighted by Gasteiger charge is -2.00. The first-order chi connectivity index (χ1) is 9.60. The Balaban J connectivity index is 2.08. The molecule has 20 heavy (non-hydrogen) atoms. The molecule has 0 saturated carbocycles. The zero-order valence-electron chi connectivity index (χ0n) is 11.7. The summed E-state index contributed by atoms with van der Waals surface area (Å²) >= 11 is 1.58. The second-order valence-electron chi connectivity index (χ2n) is 4.71. The van der Waals surface area contributed by atoms with Crippen molar-refractivity contribution in [2.45, 2.75) is 33.2 Å². The van der Waals surface area contributed by atoms with Crippen molar-refractivity contribution in [3.8, 4) is 0 Å². The summed E-state index contributed by atoms with van der Waals surface area (Å²) in [4.78, 5) is 5.64. The zero-order valence-corrected chi connectivity index (χ0v) is 12.5. The van der Waals surface area contributed by atoms with Crippen LogP contribution in [0.3, 0.4) is 0 Å². The van der Waals surface area contributed by atoms with Gasteiger partial charge in [-0.2, -0.15) is 0 Å². The fraction of sp³-hybridized carbons (Fsp3) is 0.400. The summed E-state index contributed by atoms with van der Waals surface area (Å²) in [5.41, 5.74) is 1.46. The summed E-state index contributed by atoms with van der Waals surface area (Å²) in [5.74, 6) is -1.06. The van der Waals surface area contributed by atoms with Crippen LogP contribution in [0.15, 0.2) is 18.2 Å². The van der Waals surface area contributed by atoms with Gasteiger partial charge in [0, 0.05) is 23.9 Å². The van der Waals surface area contributed by atoms with Crippen LogP contribution in [0.1, 0.15) is 34.5 Å². The molecule has 1 aromatic heterocycles. The van der Waals surface area contributed by atoms with Gasteiger partial charge in [-0.15, -0.1) is 11.3 Å². The molecule has 108 valence electrons. The number of rotatable bonds is 6. The normalized spacial score (nSPS) is 11.0. The summed E-state index contributed by atoms with van der Waals surface area (Å²) in [6, 6.07) is 3.68. The molecule has 2 nitrogen and oxygen atoms in total. The molecule has 0 aliphatic carbocycles. The molecule has 0 fully saturated rings. The summed E-state index contributed by atoms with van der Waals surface area (Å²) in [5, 5.41) is 4.20. The van der Waals surface area contributed by atoms with Crippen LogP contribution in [-0.2, 0) is 13.0 Å². The van der Waals surface area contributed by atoms with E-state index in [0.717, 1.165) is 36.3 Å². The highest BCUT2D eigenvalue weighted by Crippen LogP contribution is 2.22.